The Bertz CT molecular complexity index is 544. The van der Waals surface area contributed by atoms with Gasteiger partial charge in [0.15, 0.2) is 0 Å². The lowest BCUT2D eigenvalue weighted by Gasteiger charge is -2.30. The van der Waals surface area contributed by atoms with Crippen molar-refractivity contribution in [2.75, 3.05) is 26.4 Å². The summed E-state index contributed by atoms with van der Waals surface area (Å²) in [5.41, 5.74) is -0.620. The van der Waals surface area contributed by atoms with Gasteiger partial charge in [0.05, 0.1) is 24.9 Å². The second-order valence-corrected chi connectivity index (χ2v) is 8.74. The van der Waals surface area contributed by atoms with Crippen molar-refractivity contribution in [2.24, 2.45) is 0 Å². The Hall–Kier alpha value is -0.900. The standard InChI is InChI=1S/C14H26N2O6S/c1-14(2,3)20-13(17)16-9-10(22-23(5,18)19)8-11(16)12-6-7-15(4)21-12/h10-12H,6-9H2,1-5H3/t10-,11+,12+/m1/s1. The maximum atomic E-state index is 12.5. The highest BCUT2D eigenvalue weighted by atomic mass is 32.2. The van der Waals surface area contributed by atoms with Gasteiger partial charge < -0.3 is 4.74 Å². The normalized spacial score (nSPS) is 30.0. The van der Waals surface area contributed by atoms with E-state index in [9.17, 15) is 13.2 Å². The SMILES string of the molecule is CN1CC[C@@H]([C@@H]2C[C@@H](OS(C)(=O)=O)CN2C(=O)OC(C)(C)C)O1. The zero-order chi connectivity index (χ0) is 17.4. The van der Waals surface area contributed by atoms with Crippen LogP contribution >= 0.6 is 0 Å². The Kier molecular flexibility index (Phi) is 5.24. The minimum atomic E-state index is -3.58. The van der Waals surface area contributed by atoms with Crippen molar-refractivity contribution in [1.29, 1.82) is 0 Å². The molecule has 9 heteroatoms. The average Bonchev–Trinajstić information content (AvgIpc) is 2.91. The number of ether oxygens (including phenoxy) is 1. The molecule has 1 amide bonds. The topological polar surface area (TPSA) is 85.4 Å². The molecule has 0 aromatic heterocycles. The summed E-state index contributed by atoms with van der Waals surface area (Å²) < 4.78 is 33.3. The number of carbonyl (C=O) groups excluding carboxylic acids is 1. The van der Waals surface area contributed by atoms with Gasteiger partial charge in [0, 0.05) is 13.6 Å². The molecule has 0 aliphatic carbocycles. The van der Waals surface area contributed by atoms with Gasteiger partial charge in [0.1, 0.15) is 11.7 Å². The van der Waals surface area contributed by atoms with E-state index in [1.54, 1.807) is 25.8 Å². The number of hydrogen-bond donors (Lipinski definition) is 0. The van der Waals surface area contributed by atoms with E-state index in [1.807, 2.05) is 7.05 Å². The van der Waals surface area contributed by atoms with E-state index >= 15 is 0 Å². The van der Waals surface area contributed by atoms with Crippen LogP contribution in [0.25, 0.3) is 0 Å². The Morgan fingerprint density at radius 3 is 2.43 bits per heavy atom. The van der Waals surface area contributed by atoms with E-state index < -0.39 is 27.9 Å². The van der Waals surface area contributed by atoms with Gasteiger partial charge in [-0.15, -0.1) is 0 Å². The molecule has 0 saturated carbocycles. The number of nitrogens with zero attached hydrogens (tertiary/aromatic N) is 2. The van der Waals surface area contributed by atoms with Crippen LogP contribution in [0.3, 0.4) is 0 Å². The van der Waals surface area contributed by atoms with Crippen molar-refractivity contribution in [3.05, 3.63) is 0 Å². The monoisotopic (exact) mass is 350 g/mol. The molecule has 2 heterocycles. The van der Waals surface area contributed by atoms with E-state index in [0.717, 1.165) is 19.2 Å². The number of carbonyl (C=O) groups is 1. The smallest absolute Gasteiger partial charge is 0.410 e. The Morgan fingerprint density at radius 2 is 1.96 bits per heavy atom. The highest BCUT2D eigenvalue weighted by Crippen LogP contribution is 2.31. The van der Waals surface area contributed by atoms with E-state index in [4.69, 9.17) is 13.8 Å². The fourth-order valence-corrected chi connectivity index (χ4v) is 3.57. The zero-order valence-corrected chi connectivity index (χ0v) is 15.1. The van der Waals surface area contributed by atoms with Gasteiger partial charge in [0.25, 0.3) is 10.1 Å². The molecule has 2 aliphatic rings. The molecule has 8 nitrogen and oxygen atoms in total. The fraction of sp³-hybridized carbons (Fsp3) is 0.929. The van der Waals surface area contributed by atoms with Gasteiger partial charge in [-0.05, 0) is 33.6 Å². The molecule has 0 aromatic carbocycles. The molecule has 0 N–H and O–H groups in total. The van der Waals surface area contributed by atoms with E-state index in [0.29, 0.717) is 6.42 Å². The maximum Gasteiger partial charge on any atom is 0.410 e. The van der Waals surface area contributed by atoms with Gasteiger partial charge >= 0.3 is 6.09 Å². The van der Waals surface area contributed by atoms with Crippen LogP contribution in [0.2, 0.25) is 0 Å². The van der Waals surface area contributed by atoms with Crippen LogP contribution in [0.4, 0.5) is 4.79 Å². The summed E-state index contributed by atoms with van der Waals surface area (Å²) in [7, 11) is -1.75. The van der Waals surface area contributed by atoms with Crippen molar-refractivity contribution in [2.45, 2.75) is 57.5 Å². The molecule has 134 valence electrons. The van der Waals surface area contributed by atoms with Gasteiger partial charge in [-0.25, -0.2) is 4.79 Å². The van der Waals surface area contributed by atoms with Gasteiger partial charge in [-0.3, -0.25) is 13.9 Å². The first-order valence-corrected chi connectivity index (χ1v) is 9.52. The second-order valence-electron chi connectivity index (χ2n) is 7.14. The Balaban J connectivity index is 2.12. The molecular formula is C14H26N2O6S. The molecule has 3 atom stereocenters. The quantitative estimate of drug-likeness (QED) is 0.701. The number of hydroxylamine groups is 2. The maximum absolute atomic E-state index is 12.5. The summed E-state index contributed by atoms with van der Waals surface area (Å²) in [6.45, 7) is 6.32. The highest BCUT2D eigenvalue weighted by Gasteiger charge is 2.45. The summed E-state index contributed by atoms with van der Waals surface area (Å²) in [5.74, 6) is 0. The lowest BCUT2D eigenvalue weighted by Crippen LogP contribution is -2.45. The molecule has 0 aromatic rings. The average molecular weight is 350 g/mol. The van der Waals surface area contributed by atoms with Gasteiger partial charge in [-0.1, -0.05) is 0 Å². The third-order valence-corrected chi connectivity index (χ3v) is 4.34. The summed E-state index contributed by atoms with van der Waals surface area (Å²) in [5, 5.41) is 1.72. The van der Waals surface area contributed by atoms with Gasteiger partial charge in [0.2, 0.25) is 0 Å². The minimum absolute atomic E-state index is 0.177. The second kappa shape index (κ2) is 6.54. The van der Waals surface area contributed by atoms with Crippen molar-refractivity contribution in [3.63, 3.8) is 0 Å². The van der Waals surface area contributed by atoms with Crippen LogP contribution in [0, 0.1) is 0 Å². The first-order valence-electron chi connectivity index (χ1n) is 7.70. The molecule has 23 heavy (non-hydrogen) atoms. The molecule has 2 rings (SSSR count). The predicted molar refractivity (Wildman–Crippen MR) is 83.2 cm³/mol. The molecule has 2 fully saturated rings. The molecule has 2 aliphatic heterocycles. The molecule has 0 bridgehead atoms. The Labute approximate surface area is 137 Å². The predicted octanol–water partition coefficient (Wildman–Crippen LogP) is 0.976. The first kappa shape index (κ1) is 18.4. The van der Waals surface area contributed by atoms with Crippen LogP contribution in [0.5, 0.6) is 0 Å². The summed E-state index contributed by atoms with van der Waals surface area (Å²) in [6, 6.07) is -0.262. The summed E-state index contributed by atoms with van der Waals surface area (Å²) in [6.07, 6.45) is 0.965. The molecule has 0 radical (unpaired) electrons. The van der Waals surface area contributed by atoms with Crippen molar-refractivity contribution >= 4 is 16.2 Å². The Morgan fingerprint density at radius 1 is 1.30 bits per heavy atom. The summed E-state index contributed by atoms with van der Waals surface area (Å²) in [4.78, 5) is 19.7. The van der Waals surface area contributed by atoms with Crippen LogP contribution in [-0.4, -0.2) is 74.7 Å². The fourth-order valence-electron chi connectivity index (χ4n) is 2.93. The van der Waals surface area contributed by atoms with Crippen molar-refractivity contribution < 1.29 is 27.0 Å². The first-order chi connectivity index (χ1) is 10.4. The molecular weight excluding hydrogens is 324 g/mol. The van der Waals surface area contributed by atoms with E-state index in [-0.39, 0.29) is 18.7 Å². The van der Waals surface area contributed by atoms with Gasteiger partial charge in [-0.2, -0.15) is 13.5 Å². The number of likely N-dealkylation sites (tertiary alicyclic amines) is 1. The largest absolute Gasteiger partial charge is 0.444 e. The number of hydrogen-bond acceptors (Lipinski definition) is 7. The minimum Gasteiger partial charge on any atom is -0.444 e. The van der Waals surface area contributed by atoms with Crippen molar-refractivity contribution in [3.8, 4) is 0 Å². The van der Waals surface area contributed by atoms with Crippen molar-refractivity contribution in [1.82, 2.24) is 9.96 Å². The third-order valence-electron chi connectivity index (χ3n) is 3.72. The van der Waals surface area contributed by atoms with Crippen LogP contribution in [0.15, 0.2) is 0 Å². The lowest BCUT2D eigenvalue weighted by atomic mass is 10.1. The van der Waals surface area contributed by atoms with Crippen LogP contribution < -0.4 is 0 Å². The lowest BCUT2D eigenvalue weighted by molar-refractivity contribution is -0.142. The zero-order valence-electron chi connectivity index (χ0n) is 14.3. The van der Waals surface area contributed by atoms with Crippen LogP contribution in [-0.2, 0) is 23.9 Å². The molecule has 0 unspecified atom stereocenters. The number of amides is 1. The molecule has 0 spiro atoms. The van der Waals surface area contributed by atoms with E-state index in [1.165, 1.54) is 4.90 Å². The highest BCUT2D eigenvalue weighted by molar-refractivity contribution is 7.86. The summed E-state index contributed by atoms with van der Waals surface area (Å²) >= 11 is 0. The van der Waals surface area contributed by atoms with Crippen LogP contribution in [0.1, 0.15) is 33.6 Å². The molecule has 2 saturated heterocycles. The third kappa shape index (κ3) is 5.30. The number of rotatable bonds is 3. The van der Waals surface area contributed by atoms with E-state index in [2.05, 4.69) is 0 Å².